The average Bonchev–Trinajstić information content (AvgIpc) is 3.53. The van der Waals surface area contributed by atoms with E-state index in [-0.39, 0.29) is 5.91 Å². The molecule has 2 saturated heterocycles. The van der Waals surface area contributed by atoms with Crippen LogP contribution in [-0.4, -0.2) is 57.3 Å². The van der Waals surface area contributed by atoms with Crippen LogP contribution in [0.1, 0.15) is 41.7 Å². The second kappa shape index (κ2) is 8.82. The maximum atomic E-state index is 13.1. The molecule has 30 heavy (non-hydrogen) atoms. The zero-order valence-electron chi connectivity index (χ0n) is 17.2. The van der Waals surface area contributed by atoms with Crippen molar-refractivity contribution in [3.8, 4) is 0 Å². The van der Waals surface area contributed by atoms with E-state index < -0.39 is 0 Å². The van der Waals surface area contributed by atoms with Crippen LogP contribution in [0.25, 0.3) is 5.65 Å². The Balaban J connectivity index is 1.20. The van der Waals surface area contributed by atoms with Crippen molar-refractivity contribution < 1.29 is 4.79 Å². The predicted molar refractivity (Wildman–Crippen MR) is 121 cm³/mol. The Kier molecular flexibility index (Phi) is 5.77. The van der Waals surface area contributed by atoms with Gasteiger partial charge in [-0.15, -0.1) is 11.8 Å². The van der Waals surface area contributed by atoms with Gasteiger partial charge in [0, 0.05) is 47.7 Å². The standard InChI is InChI=1S/C24H28N4OS/c29-24(28-15-5-6-21(28)17-26-12-3-4-13-26)19-8-10-22(11-9-19)30-18-20-16-27-14-2-1-7-23(27)25-20/h1-2,7-11,14,16,21H,3-6,12-13,15,17-18H2. The fraction of sp³-hybridized carbons (Fsp3) is 0.417. The van der Waals surface area contributed by atoms with Crippen molar-refractivity contribution in [3.05, 3.63) is 66.1 Å². The van der Waals surface area contributed by atoms with Gasteiger partial charge >= 0.3 is 0 Å². The van der Waals surface area contributed by atoms with E-state index >= 15 is 0 Å². The van der Waals surface area contributed by atoms with Crippen LogP contribution in [0.3, 0.4) is 0 Å². The van der Waals surface area contributed by atoms with Crippen molar-refractivity contribution in [3.63, 3.8) is 0 Å². The average molecular weight is 421 g/mol. The van der Waals surface area contributed by atoms with E-state index in [4.69, 9.17) is 0 Å². The topological polar surface area (TPSA) is 40.9 Å². The van der Waals surface area contributed by atoms with Crippen molar-refractivity contribution in [2.24, 2.45) is 0 Å². The molecule has 156 valence electrons. The lowest BCUT2D eigenvalue weighted by Crippen LogP contribution is -2.42. The molecule has 1 amide bonds. The Bertz CT molecular complexity index is 976. The highest BCUT2D eigenvalue weighted by atomic mass is 32.2. The summed E-state index contributed by atoms with van der Waals surface area (Å²) in [6.07, 6.45) is 8.95. The number of nitrogens with zero attached hydrogens (tertiary/aromatic N) is 4. The van der Waals surface area contributed by atoms with Gasteiger partial charge in [-0.05, 0) is 75.2 Å². The van der Waals surface area contributed by atoms with Gasteiger partial charge in [-0.2, -0.15) is 0 Å². The monoisotopic (exact) mass is 420 g/mol. The number of thioether (sulfide) groups is 1. The highest BCUT2D eigenvalue weighted by Crippen LogP contribution is 2.26. The van der Waals surface area contributed by atoms with Crippen molar-refractivity contribution >= 4 is 23.3 Å². The number of likely N-dealkylation sites (tertiary alicyclic amines) is 2. The second-order valence-electron chi connectivity index (χ2n) is 8.31. The maximum Gasteiger partial charge on any atom is 0.254 e. The number of carbonyl (C=O) groups excluding carboxylic acids is 1. The number of amides is 1. The van der Waals surface area contributed by atoms with Crippen molar-refractivity contribution in [1.82, 2.24) is 19.2 Å². The van der Waals surface area contributed by atoms with Gasteiger partial charge < -0.3 is 14.2 Å². The maximum absolute atomic E-state index is 13.1. The molecule has 2 aliphatic heterocycles. The molecule has 4 heterocycles. The van der Waals surface area contributed by atoms with Crippen LogP contribution in [0.15, 0.2) is 59.8 Å². The molecule has 0 bridgehead atoms. The molecule has 0 spiro atoms. The third-order valence-corrected chi connectivity index (χ3v) is 7.25. The number of carbonyl (C=O) groups is 1. The minimum Gasteiger partial charge on any atom is -0.334 e. The Morgan fingerprint density at radius 1 is 1.03 bits per heavy atom. The molecule has 5 nitrogen and oxygen atoms in total. The predicted octanol–water partition coefficient (Wildman–Crippen LogP) is 4.33. The summed E-state index contributed by atoms with van der Waals surface area (Å²) in [5.74, 6) is 1.01. The Labute approximate surface area is 182 Å². The van der Waals surface area contributed by atoms with E-state index in [1.54, 1.807) is 11.8 Å². The number of rotatable bonds is 6. The summed E-state index contributed by atoms with van der Waals surface area (Å²) in [6, 6.07) is 14.5. The molecule has 1 atom stereocenters. The number of imidazole rings is 1. The van der Waals surface area contributed by atoms with Crippen LogP contribution in [0.2, 0.25) is 0 Å². The molecule has 3 aromatic rings. The number of benzene rings is 1. The summed E-state index contributed by atoms with van der Waals surface area (Å²) in [5.41, 5.74) is 2.84. The van der Waals surface area contributed by atoms with Crippen LogP contribution in [0.5, 0.6) is 0 Å². The third kappa shape index (κ3) is 4.25. The number of hydrogen-bond donors (Lipinski definition) is 0. The minimum atomic E-state index is 0.189. The summed E-state index contributed by atoms with van der Waals surface area (Å²) < 4.78 is 2.05. The normalized spacial score (nSPS) is 19.7. The first-order valence-electron chi connectivity index (χ1n) is 10.9. The summed E-state index contributed by atoms with van der Waals surface area (Å²) in [6.45, 7) is 4.31. The molecule has 2 aromatic heterocycles. The van der Waals surface area contributed by atoms with Crippen LogP contribution >= 0.6 is 11.8 Å². The van der Waals surface area contributed by atoms with E-state index in [9.17, 15) is 4.79 Å². The summed E-state index contributed by atoms with van der Waals surface area (Å²) in [4.78, 5) is 23.6. The molecule has 2 fully saturated rings. The fourth-order valence-corrected chi connectivity index (χ4v) is 5.41. The van der Waals surface area contributed by atoms with Gasteiger partial charge in [-0.25, -0.2) is 4.98 Å². The minimum absolute atomic E-state index is 0.189. The van der Waals surface area contributed by atoms with E-state index in [1.807, 2.05) is 40.9 Å². The van der Waals surface area contributed by atoms with Crippen molar-refractivity contribution in [1.29, 1.82) is 0 Å². The smallest absolute Gasteiger partial charge is 0.254 e. The van der Waals surface area contributed by atoms with Crippen LogP contribution < -0.4 is 0 Å². The molecule has 0 saturated carbocycles. The molecule has 0 radical (unpaired) electrons. The van der Waals surface area contributed by atoms with Crippen LogP contribution in [-0.2, 0) is 5.75 Å². The van der Waals surface area contributed by atoms with E-state index in [2.05, 4.69) is 33.1 Å². The van der Waals surface area contributed by atoms with E-state index in [0.29, 0.717) is 6.04 Å². The lowest BCUT2D eigenvalue weighted by molar-refractivity contribution is 0.0708. The number of hydrogen-bond acceptors (Lipinski definition) is 4. The molecule has 0 N–H and O–H groups in total. The van der Waals surface area contributed by atoms with Gasteiger partial charge in [0.15, 0.2) is 0 Å². The van der Waals surface area contributed by atoms with Crippen molar-refractivity contribution in [2.45, 2.75) is 42.4 Å². The van der Waals surface area contributed by atoms with E-state index in [1.165, 1.54) is 30.8 Å². The van der Waals surface area contributed by atoms with Crippen LogP contribution in [0, 0.1) is 0 Å². The molecule has 2 aliphatic rings. The first-order chi connectivity index (χ1) is 14.8. The molecular formula is C24H28N4OS. The summed E-state index contributed by atoms with van der Waals surface area (Å²) in [7, 11) is 0. The number of pyridine rings is 1. The molecule has 6 heteroatoms. The SMILES string of the molecule is O=C(c1ccc(SCc2cn3ccccc3n2)cc1)N1CCCC1CN1CCCC1. The first-order valence-corrected chi connectivity index (χ1v) is 11.9. The molecule has 1 aromatic carbocycles. The van der Waals surface area contributed by atoms with Crippen molar-refractivity contribution in [2.75, 3.05) is 26.2 Å². The zero-order valence-corrected chi connectivity index (χ0v) is 18.1. The Hall–Kier alpha value is -2.31. The molecular weight excluding hydrogens is 392 g/mol. The largest absolute Gasteiger partial charge is 0.334 e. The van der Waals surface area contributed by atoms with Gasteiger partial charge in [0.05, 0.1) is 5.69 Å². The highest BCUT2D eigenvalue weighted by molar-refractivity contribution is 7.98. The fourth-order valence-electron chi connectivity index (χ4n) is 4.63. The summed E-state index contributed by atoms with van der Waals surface area (Å²) >= 11 is 1.76. The summed E-state index contributed by atoms with van der Waals surface area (Å²) in [5, 5.41) is 0. The Morgan fingerprint density at radius 3 is 2.67 bits per heavy atom. The highest BCUT2D eigenvalue weighted by Gasteiger charge is 2.31. The number of aromatic nitrogens is 2. The Morgan fingerprint density at radius 2 is 1.87 bits per heavy atom. The third-order valence-electron chi connectivity index (χ3n) is 6.21. The van der Waals surface area contributed by atoms with Gasteiger partial charge in [0.25, 0.3) is 5.91 Å². The molecule has 5 rings (SSSR count). The number of fused-ring (bicyclic) bond motifs is 1. The molecule has 1 unspecified atom stereocenters. The zero-order chi connectivity index (χ0) is 20.3. The van der Waals surface area contributed by atoms with Gasteiger partial charge in [0.1, 0.15) is 5.65 Å². The lowest BCUT2D eigenvalue weighted by Gasteiger charge is -2.28. The molecule has 0 aliphatic carbocycles. The van der Waals surface area contributed by atoms with Gasteiger partial charge in [-0.1, -0.05) is 6.07 Å². The lowest BCUT2D eigenvalue weighted by atomic mass is 10.1. The first kappa shape index (κ1) is 19.6. The van der Waals surface area contributed by atoms with Gasteiger partial charge in [-0.3, -0.25) is 4.79 Å². The quantitative estimate of drug-likeness (QED) is 0.557. The van der Waals surface area contributed by atoms with E-state index in [0.717, 1.165) is 48.6 Å². The second-order valence-corrected chi connectivity index (χ2v) is 9.36. The van der Waals surface area contributed by atoms with Crippen LogP contribution in [0.4, 0.5) is 0 Å². The van der Waals surface area contributed by atoms with Gasteiger partial charge in [0.2, 0.25) is 0 Å².